The lowest BCUT2D eigenvalue weighted by Crippen LogP contribution is -2.05. The fourth-order valence-electron chi connectivity index (χ4n) is 2.20. The number of rotatable bonds is 4. The van der Waals surface area contributed by atoms with E-state index in [1.165, 1.54) is 0 Å². The molecule has 2 rings (SSSR count). The van der Waals surface area contributed by atoms with Crippen LogP contribution >= 0.6 is 8.03 Å². The number of hydrogen-bond donors (Lipinski definition) is 1. The number of benzene rings is 2. The van der Waals surface area contributed by atoms with E-state index >= 15 is 0 Å². The van der Waals surface area contributed by atoms with E-state index in [4.69, 9.17) is 0 Å². The van der Waals surface area contributed by atoms with Crippen LogP contribution in [0.25, 0.3) is 11.1 Å². The molecule has 3 heteroatoms. The molecule has 18 heavy (non-hydrogen) atoms. The van der Waals surface area contributed by atoms with E-state index in [0.717, 1.165) is 29.5 Å². The predicted octanol–water partition coefficient (Wildman–Crippen LogP) is 3.40. The van der Waals surface area contributed by atoms with E-state index in [0.29, 0.717) is 5.30 Å². The van der Waals surface area contributed by atoms with Gasteiger partial charge < -0.3 is 4.89 Å². The third kappa shape index (κ3) is 2.72. The van der Waals surface area contributed by atoms with Crippen LogP contribution in [0.1, 0.15) is 18.9 Å². The highest BCUT2D eigenvalue weighted by Gasteiger charge is 2.12. The smallest absolute Gasteiger partial charge is 0.218 e. The normalized spacial score (nSPS) is 12.3. The summed E-state index contributed by atoms with van der Waals surface area (Å²) in [5.41, 5.74) is 3.10. The zero-order valence-corrected chi connectivity index (χ0v) is 11.4. The fourth-order valence-corrected chi connectivity index (χ4v) is 2.96. The van der Waals surface area contributed by atoms with Crippen molar-refractivity contribution in [2.75, 3.05) is 0 Å². The monoisotopic (exact) mass is 260 g/mol. The first-order valence-electron chi connectivity index (χ1n) is 6.14. The molecule has 1 unspecified atom stereocenters. The van der Waals surface area contributed by atoms with E-state index in [1.807, 2.05) is 42.5 Å². The van der Waals surface area contributed by atoms with Crippen molar-refractivity contribution in [1.29, 1.82) is 0 Å². The molecular formula is C15H17O2P. The molecule has 0 aliphatic carbocycles. The van der Waals surface area contributed by atoms with E-state index in [-0.39, 0.29) is 0 Å². The van der Waals surface area contributed by atoms with Crippen molar-refractivity contribution in [2.45, 2.75) is 19.8 Å². The first-order valence-corrected chi connectivity index (χ1v) is 7.50. The Labute approximate surface area is 108 Å². The largest absolute Gasteiger partial charge is 0.343 e. The summed E-state index contributed by atoms with van der Waals surface area (Å²) in [4.78, 5) is 9.50. The summed E-state index contributed by atoms with van der Waals surface area (Å²) in [6, 6.07) is 15.5. The highest BCUT2D eigenvalue weighted by molar-refractivity contribution is 7.47. The van der Waals surface area contributed by atoms with Crippen LogP contribution in [0.15, 0.2) is 48.5 Å². The van der Waals surface area contributed by atoms with Gasteiger partial charge in [0, 0.05) is 5.30 Å². The first-order chi connectivity index (χ1) is 8.74. The molecule has 0 heterocycles. The minimum Gasteiger partial charge on any atom is -0.343 e. The van der Waals surface area contributed by atoms with E-state index in [2.05, 4.69) is 6.92 Å². The Kier molecular flexibility index (Phi) is 4.35. The van der Waals surface area contributed by atoms with Crippen molar-refractivity contribution >= 4 is 13.3 Å². The quantitative estimate of drug-likeness (QED) is 0.855. The third-order valence-corrected chi connectivity index (χ3v) is 3.84. The zero-order valence-electron chi connectivity index (χ0n) is 10.4. The molecule has 94 valence electrons. The van der Waals surface area contributed by atoms with Gasteiger partial charge in [-0.2, -0.15) is 0 Å². The van der Waals surface area contributed by atoms with Gasteiger partial charge >= 0.3 is 0 Å². The molecule has 0 spiro atoms. The van der Waals surface area contributed by atoms with Crippen molar-refractivity contribution in [2.24, 2.45) is 0 Å². The average molecular weight is 260 g/mol. The van der Waals surface area contributed by atoms with E-state index in [9.17, 15) is 9.46 Å². The molecule has 2 aromatic rings. The Morgan fingerprint density at radius 3 is 2.39 bits per heavy atom. The average Bonchev–Trinajstić information content (AvgIpc) is 2.40. The molecule has 0 saturated heterocycles. The van der Waals surface area contributed by atoms with Gasteiger partial charge in [-0.1, -0.05) is 55.8 Å². The van der Waals surface area contributed by atoms with Crippen molar-refractivity contribution in [3.63, 3.8) is 0 Å². The van der Waals surface area contributed by atoms with E-state index in [1.54, 1.807) is 6.07 Å². The van der Waals surface area contributed by atoms with Crippen molar-refractivity contribution < 1.29 is 9.46 Å². The SMILES string of the molecule is CCCc1cccc([PH](=O)O)c1-c1ccccc1. The number of aryl methyl sites for hydroxylation is 1. The Hall–Kier alpha value is -1.37. The zero-order chi connectivity index (χ0) is 13.0. The highest BCUT2D eigenvalue weighted by Crippen LogP contribution is 2.29. The molecular weight excluding hydrogens is 243 g/mol. The van der Waals surface area contributed by atoms with Crippen LogP contribution in [0.3, 0.4) is 0 Å². The lowest BCUT2D eigenvalue weighted by Gasteiger charge is -2.13. The molecule has 0 aliphatic heterocycles. The van der Waals surface area contributed by atoms with Gasteiger partial charge in [-0.3, -0.25) is 4.57 Å². The van der Waals surface area contributed by atoms with Gasteiger partial charge in [-0.15, -0.1) is 0 Å². The summed E-state index contributed by atoms with van der Waals surface area (Å²) < 4.78 is 11.5. The Balaban J connectivity index is 2.64. The molecule has 0 fully saturated rings. The second kappa shape index (κ2) is 5.99. The maximum Gasteiger partial charge on any atom is 0.218 e. The van der Waals surface area contributed by atoms with Crippen LogP contribution in [0.2, 0.25) is 0 Å². The minimum absolute atomic E-state index is 0.567. The van der Waals surface area contributed by atoms with Crippen LogP contribution in [0, 0.1) is 0 Å². The summed E-state index contributed by atoms with van der Waals surface area (Å²) in [5, 5.41) is 0.567. The highest BCUT2D eigenvalue weighted by atomic mass is 31.1. The Bertz CT molecular complexity index is 550. The molecule has 2 aromatic carbocycles. The van der Waals surface area contributed by atoms with Gasteiger partial charge in [-0.25, -0.2) is 0 Å². The van der Waals surface area contributed by atoms with Crippen molar-refractivity contribution in [3.8, 4) is 11.1 Å². The van der Waals surface area contributed by atoms with Gasteiger partial charge in [-0.05, 0) is 29.2 Å². The Morgan fingerprint density at radius 1 is 1.06 bits per heavy atom. The third-order valence-electron chi connectivity index (χ3n) is 2.96. The lowest BCUT2D eigenvalue weighted by atomic mass is 9.97. The maximum atomic E-state index is 11.5. The van der Waals surface area contributed by atoms with E-state index < -0.39 is 8.03 Å². The fraction of sp³-hybridized carbons (Fsp3) is 0.200. The molecule has 0 radical (unpaired) electrons. The minimum atomic E-state index is -2.68. The topological polar surface area (TPSA) is 37.3 Å². The molecule has 0 aliphatic rings. The predicted molar refractivity (Wildman–Crippen MR) is 76.7 cm³/mol. The molecule has 1 atom stereocenters. The molecule has 0 bridgehead atoms. The van der Waals surface area contributed by atoms with Gasteiger partial charge in [0.05, 0.1) is 0 Å². The summed E-state index contributed by atoms with van der Waals surface area (Å²) in [7, 11) is -2.68. The van der Waals surface area contributed by atoms with Crippen LogP contribution in [-0.2, 0) is 11.0 Å². The van der Waals surface area contributed by atoms with Crippen LogP contribution in [0.5, 0.6) is 0 Å². The summed E-state index contributed by atoms with van der Waals surface area (Å²) in [6.07, 6.45) is 1.95. The summed E-state index contributed by atoms with van der Waals surface area (Å²) in [6.45, 7) is 2.11. The van der Waals surface area contributed by atoms with Crippen LogP contribution < -0.4 is 5.30 Å². The van der Waals surface area contributed by atoms with Crippen molar-refractivity contribution in [3.05, 3.63) is 54.1 Å². The lowest BCUT2D eigenvalue weighted by molar-refractivity contribution is 0.513. The van der Waals surface area contributed by atoms with Gasteiger partial charge in [0.2, 0.25) is 8.03 Å². The molecule has 1 N–H and O–H groups in total. The van der Waals surface area contributed by atoms with Crippen LogP contribution in [-0.4, -0.2) is 4.89 Å². The van der Waals surface area contributed by atoms with Gasteiger partial charge in [0.1, 0.15) is 0 Å². The van der Waals surface area contributed by atoms with Gasteiger partial charge in [0.25, 0.3) is 0 Å². The first kappa shape index (κ1) is 13.1. The molecule has 0 aromatic heterocycles. The molecule has 0 amide bonds. The molecule has 0 saturated carbocycles. The second-order valence-corrected chi connectivity index (χ2v) is 5.41. The van der Waals surface area contributed by atoms with Crippen LogP contribution in [0.4, 0.5) is 0 Å². The summed E-state index contributed by atoms with van der Waals surface area (Å²) in [5.74, 6) is 0. The maximum absolute atomic E-state index is 11.5. The van der Waals surface area contributed by atoms with Crippen molar-refractivity contribution in [1.82, 2.24) is 0 Å². The Morgan fingerprint density at radius 2 is 1.78 bits per heavy atom. The number of hydrogen-bond acceptors (Lipinski definition) is 1. The second-order valence-electron chi connectivity index (χ2n) is 4.26. The summed E-state index contributed by atoms with van der Waals surface area (Å²) >= 11 is 0. The van der Waals surface area contributed by atoms with Gasteiger partial charge in [0.15, 0.2) is 0 Å². The molecule has 2 nitrogen and oxygen atoms in total. The standard InChI is InChI=1S/C15H17O2P/c1-2-7-12-10-6-11-14(18(16)17)15(12)13-8-4-3-5-9-13/h3-6,8-11,18H,2,7H2,1H3,(H,16,17).